The molecular weight excluding hydrogens is 400 g/mol. The van der Waals surface area contributed by atoms with Crippen LogP contribution < -0.4 is 5.32 Å². The molecule has 0 aliphatic heterocycles. The molecule has 0 fully saturated rings. The summed E-state index contributed by atoms with van der Waals surface area (Å²) in [6.07, 6.45) is 0. The van der Waals surface area contributed by atoms with E-state index in [9.17, 15) is 9.18 Å². The summed E-state index contributed by atoms with van der Waals surface area (Å²) in [7, 11) is 0. The van der Waals surface area contributed by atoms with Crippen molar-refractivity contribution in [3.63, 3.8) is 0 Å². The van der Waals surface area contributed by atoms with Crippen molar-refractivity contribution in [2.75, 3.05) is 18.1 Å². The summed E-state index contributed by atoms with van der Waals surface area (Å²) in [5, 5.41) is 4.09. The zero-order valence-electron chi connectivity index (χ0n) is 13.4. The highest BCUT2D eigenvalue weighted by Crippen LogP contribution is 2.28. The van der Waals surface area contributed by atoms with Gasteiger partial charge in [0.15, 0.2) is 0 Å². The molecule has 2 aromatic rings. The van der Waals surface area contributed by atoms with Crippen molar-refractivity contribution in [3.8, 4) is 0 Å². The van der Waals surface area contributed by atoms with Crippen LogP contribution in [0.15, 0.2) is 42.5 Å². The van der Waals surface area contributed by atoms with E-state index in [0.717, 1.165) is 11.3 Å². The van der Waals surface area contributed by atoms with Crippen LogP contribution in [-0.2, 0) is 16.3 Å². The van der Waals surface area contributed by atoms with Gasteiger partial charge >= 0.3 is 0 Å². The fourth-order valence-corrected chi connectivity index (χ4v) is 4.47. The Morgan fingerprint density at radius 2 is 1.72 bits per heavy atom. The molecule has 0 heterocycles. The lowest BCUT2D eigenvalue weighted by Gasteiger charge is -2.08. The lowest BCUT2D eigenvalue weighted by atomic mass is 10.2. The zero-order chi connectivity index (χ0) is 18.1. The molecule has 1 N–H and O–H groups in total. The Morgan fingerprint density at radius 1 is 1.00 bits per heavy atom. The van der Waals surface area contributed by atoms with E-state index < -0.39 is 0 Å². The molecular formula is C18H18Cl2FNOS2. The van der Waals surface area contributed by atoms with Crippen LogP contribution in [-0.4, -0.2) is 24.0 Å². The molecule has 0 saturated carbocycles. The van der Waals surface area contributed by atoms with Gasteiger partial charge in [-0.25, -0.2) is 4.39 Å². The van der Waals surface area contributed by atoms with E-state index in [4.69, 9.17) is 23.2 Å². The van der Waals surface area contributed by atoms with Crippen molar-refractivity contribution >= 4 is 52.6 Å². The summed E-state index contributed by atoms with van der Waals surface area (Å²) in [6, 6.07) is 12.1. The molecule has 0 spiro atoms. The third-order valence-electron chi connectivity index (χ3n) is 3.33. The maximum Gasteiger partial charge on any atom is 0.230 e. The molecule has 1 amide bonds. The van der Waals surface area contributed by atoms with E-state index in [1.54, 1.807) is 42.1 Å². The Labute approximate surface area is 165 Å². The Kier molecular flexibility index (Phi) is 8.96. The molecule has 2 nitrogen and oxygen atoms in total. The minimum absolute atomic E-state index is 0.0281. The zero-order valence-corrected chi connectivity index (χ0v) is 16.6. The van der Waals surface area contributed by atoms with Gasteiger partial charge in [0.05, 0.1) is 5.75 Å². The molecule has 25 heavy (non-hydrogen) atoms. The summed E-state index contributed by atoms with van der Waals surface area (Å²) in [5.41, 5.74) is 1.54. The summed E-state index contributed by atoms with van der Waals surface area (Å²) >= 11 is 15.3. The fraction of sp³-hybridized carbons (Fsp3) is 0.278. The monoisotopic (exact) mass is 417 g/mol. The Balaban J connectivity index is 1.59. The summed E-state index contributed by atoms with van der Waals surface area (Å²) in [6.45, 7) is 0.561. The van der Waals surface area contributed by atoms with Gasteiger partial charge in [-0.05, 0) is 29.3 Å². The Hall–Kier alpha value is -0.880. The Morgan fingerprint density at radius 3 is 2.44 bits per heavy atom. The first kappa shape index (κ1) is 20.4. The van der Waals surface area contributed by atoms with E-state index in [-0.39, 0.29) is 11.7 Å². The van der Waals surface area contributed by atoms with Gasteiger partial charge in [-0.2, -0.15) is 11.8 Å². The second-order valence-corrected chi connectivity index (χ2v) is 8.09. The number of hydrogen-bond donors (Lipinski definition) is 1. The van der Waals surface area contributed by atoms with Gasteiger partial charge in [0.2, 0.25) is 5.91 Å². The van der Waals surface area contributed by atoms with Crippen LogP contribution in [0.1, 0.15) is 11.1 Å². The maximum absolute atomic E-state index is 13.5. The molecule has 2 aromatic carbocycles. The van der Waals surface area contributed by atoms with E-state index in [0.29, 0.717) is 39.4 Å². The van der Waals surface area contributed by atoms with Crippen LogP contribution in [0.2, 0.25) is 10.0 Å². The van der Waals surface area contributed by atoms with Crippen molar-refractivity contribution in [1.82, 2.24) is 5.32 Å². The van der Waals surface area contributed by atoms with Gasteiger partial charge < -0.3 is 5.32 Å². The normalized spacial score (nSPS) is 10.7. The average molecular weight is 418 g/mol. The van der Waals surface area contributed by atoms with E-state index in [1.807, 2.05) is 6.07 Å². The predicted molar refractivity (Wildman–Crippen MR) is 108 cm³/mol. The molecule has 0 unspecified atom stereocenters. The van der Waals surface area contributed by atoms with Crippen molar-refractivity contribution in [2.24, 2.45) is 0 Å². The van der Waals surface area contributed by atoms with E-state index >= 15 is 0 Å². The van der Waals surface area contributed by atoms with Gasteiger partial charge in [0, 0.05) is 33.8 Å². The highest BCUT2D eigenvalue weighted by atomic mass is 35.5. The highest BCUT2D eigenvalue weighted by Gasteiger charge is 2.07. The smallest absolute Gasteiger partial charge is 0.230 e. The SMILES string of the molecule is O=C(CSCc1c(Cl)cccc1Cl)NCCSCc1ccccc1F. The first-order valence-corrected chi connectivity index (χ1v) is 10.7. The minimum Gasteiger partial charge on any atom is -0.355 e. The molecule has 134 valence electrons. The largest absolute Gasteiger partial charge is 0.355 e. The molecule has 0 aromatic heterocycles. The van der Waals surface area contributed by atoms with Gasteiger partial charge in [0.1, 0.15) is 5.82 Å². The summed E-state index contributed by atoms with van der Waals surface area (Å²) < 4.78 is 13.5. The van der Waals surface area contributed by atoms with Crippen molar-refractivity contribution in [2.45, 2.75) is 11.5 Å². The fourth-order valence-electron chi connectivity index (χ4n) is 2.03. The van der Waals surface area contributed by atoms with Crippen LogP contribution in [0.5, 0.6) is 0 Å². The highest BCUT2D eigenvalue weighted by molar-refractivity contribution is 7.99. The number of carbonyl (C=O) groups is 1. The first-order valence-electron chi connectivity index (χ1n) is 7.66. The second-order valence-electron chi connectivity index (χ2n) is 5.19. The second kappa shape index (κ2) is 11.0. The van der Waals surface area contributed by atoms with Gasteiger partial charge in [0.25, 0.3) is 0 Å². The van der Waals surface area contributed by atoms with E-state index in [1.165, 1.54) is 17.8 Å². The quantitative estimate of drug-likeness (QED) is 0.552. The van der Waals surface area contributed by atoms with Gasteiger partial charge in [-0.3, -0.25) is 4.79 Å². The molecule has 2 rings (SSSR count). The lowest BCUT2D eigenvalue weighted by molar-refractivity contribution is -0.118. The predicted octanol–water partition coefficient (Wildman–Crippen LogP) is 5.42. The lowest BCUT2D eigenvalue weighted by Crippen LogP contribution is -2.27. The molecule has 0 radical (unpaired) electrons. The van der Waals surface area contributed by atoms with Crippen LogP contribution in [0.3, 0.4) is 0 Å². The van der Waals surface area contributed by atoms with Gasteiger partial charge in [-0.1, -0.05) is 47.5 Å². The third kappa shape index (κ3) is 7.10. The van der Waals surface area contributed by atoms with Crippen molar-refractivity contribution < 1.29 is 9.18 Å². The number of benzene rings is 2. The minimum atomic E-state index is -0.186. The number of carbonyl (C=O) groups excluding carboxylic acids is 1. The maximum atomic E-state index is 13.5. The summed E-state index contributed by atoms with van der Waals surface area (Å²) in [5.74, 6) is 2.06. The van der Waals surface area contributed by atoms with Crippen LogP contribution in [0, 0.1) is 5.82 Å². The van der Waals surface area contributed by atoms with Gasteiger partial charge in [-0.15, -0.1) is 11.8 Å². The summed E-state index contributed by atoms with van der Waals surface area (Å²) in [4.78, 5) is 11.8. The van der Waals surface area contributed by atoms with Crippen LogP contribution in [0.4, 0.5) is 4.39 Å². The topological polar surface area (TPSA) is 29.1 Å². The molecule has 0 aliphatic carbocycles. The third-order valence-corrected chi connectivity index (χ3v) is 6.00. The first-order chi connectivity index (χ1) is 12.1. The Bertz CT molecular complexity index is 695. The molecule has 0 aliphatic rings. The number of amides is 1. The molecule has 0 atom stereocenters. The number of rotatable bonds is 9. The number of hydrogen-bond acceptors (Lipinski definition) is 3. The number of nitrogens with one attached hydrogen (secondary N) is 1. The number of halogens is 3. The average Bonchev–Trinajstić information content (AvgIpc) is 2.59. The molecule has 0 bridgehead atoms. The standard InChI is InChI=1S/C18H18Cl2FNOS2/c19-15-5-3-6-16(20)14(15)11-25-12-18(23)22-8-9-24-10-13-4-1-2-7-17(13)21/h1-7H,8-12H2,(H,22,23). The number of thioether (sulfide) groups is 2. The van der Waals surface area contributed by atoms with Crippen LogP contribution in [0.25, 0.3) is 0 Å². The van der Waals surface area contributed by atoms with Crippen LogP contribution >= 0.6 is 46.7 Å². The van der Waals surface area contributed by atoms with Crippen molar-refractivity contribution in [1.29, 1.82) is 0 Å². The van der Waals surface area contributed by atoms with Crippen molar-refractivity contribution in [3.05, 3.63) is 69.5 Å². The van der Waals surface area contributed by atoms with E-state index in [2.05, 4.69) is 5.32 Å². The molecule has 0 saturated heterocycles. The molecule has 7 heteroatoms.